The summed E-state index contributed by atoms with van der Waals surface area (Å²) in [6.45, 7) is 7.93. The minimum Gasteiger partial charge on any atom is -0.400 e. The van der Waals surface area contributed by atoms with Gasteiger partial charge >= 0.3 is 13.3 Å². The third-order valence-corrected chi connectivity index (χ3v) is 5.05. The molecule has 0 bridgehead atoms. The van der Waals surface area contributed by atoms with Crippen LogP contribution < -0.4 is 0 Å². The van der Waals surface area contributed by atoms with Crippen LogP contribution in [-0.4, -0.2) is 24.5 Å². The molecule has 1 saturated carbocycles. The minimum absolute atomic E-state index is 0.197. The smallest absolute Gasteiger partial charge is 0.400 e. The SMILES string of the molecule is CC1(C)OB(/C=C/[C@H]2CC[C@H](C(F)(F)F)CC2)OC1(C)C. The Morgan fingerprint density at radius 2 is 1.43 bits per heavy atom. The highest BCUT2D eigenvalue weighted by Gasteiger charge is 2.50. The standard InChI is InChI=1S/C15H24BF3O2/c1-13(2)14(3,4)21-16(20-13)10-9-11-5-7-12(8-6-11)15(17,18)19/h9-12H,5-8H2,1-4H3/b10-9+/t11-,12-. The van der Waals surface area contributed by atoms with E-state index in [4.69, 9.17) is 9.31 Å². The van der Waals surface area contributed by atoms with E-state index in [1.165, 1.54) is 0 Å². The normalized spacial score (nSPS) is 32.8. The molecule has 2 aliphatic rings. The fourth-order valence-corrected chi connectivity index (χ4v) is 2.85. The lowest BCUT2D eigenvalue weighted by Gasteiger charge is -2.32. The summed E-state index contributed by atoms with van der Waals surface area (Å²) >= 11 is 0. The molecule has 0 amide bonds. The van der Waals surface area contributed by atoms with E-state index >= 15 is 0 Å². The highest BCUT2D eigenvalue weighted by atomic mass is 19.4. The van der Waals surface area contributed by atoms with Crippen molar-refractivity contribution in [3.8, 4) is 0 Å². The van der Waals surface area contributed by atoms with Crippen LogP contribution in [0.2, 0.25) is 0 Å². The first-order chi connectivity index (χ1) is 9.51. The van der Waals surface area contributed by atoms with E-state index in [9.17, 15) is 13.2 Å². The number of hydrogen-bond acceptors (Lipinski definition) is 2. The average molecular weight is 304 g/mol. The van der Waals surface area contributed by atoms with Crippen molar-refractivity contribution in [1.82, 2.24) is 0 Å². The van der Waals surface area contributed by atoms with Gasteiger partial charge in [-0.15, -0.1) is 0 Å². The maximum absolute atomic E-state index is 12.6. The summed E-state index contributed by atoms with van der Waals surface area (Å²) < 4.78 is 49.5. The highest BCUT2D eigenvalue weighted by Crippen LogP contribution is 2.40. The molecule has 0 spiro atoms. The molecular weight excluding hydrogens is 280 g/mol. The lowest BCUT2D eigenvalue weighted by Crippen LogP contribution is -2.41. The van der Waals surface area contributed by atoms with Gasteiger partial charge in [-0.05, 0) is 59.3 Å². The van der Waals surface area contributed by atoms with Gasteiger partial charge in [0.05, 0.1) is 17.1 Å². The van der Waals surface area contributed by atoms with Crippen molar-refractivity contribution in [2.75, 3.05) is 0 Å². The number of halogens is 3. The van der Waals surface area contributed by atoms with Crippen molar-refractivity contribution in [3.63, 3.8) is 0 Å². The van der Waals surface area contributed by atoms with Gasteiger partial charge in [-0.2, -0.15) is 13.2 Å². The summed E-state index contributed by atoms with van der Waals surface area (Å²) in [6.07, 6.45) is -0.459. The second kappa shape index (κ2) is 5.62. The first-order valence-electron chi connectivity index (χ1n) is 7.62. The Kier molecular flexibility index (Phi) is 4.51. The third kappa shape index (κ3) is 3.83. The zero-order valence-electron chi connectivity index (χ0n) is 13.2. The van der Waals surface area contributed by atoms with E-state index in [1.807, 2.05) is 39.7 Å². The van der Waals surface area contributed by atoms with Crippen molar-refractivity contribution in [2.45, 2.75) is 70.8 Å². The third-order valence-electron chi connectivity index (χ3n) is 5.05. The molecule has 0 aromatic heterocycles. The molecule has 1 saturated heterocycles. The summed E-state index contributed by atoms with van der Waals surface area (Å²) in [5, 5.41) is 0. The maximum atomic E-state index is 12.6. The summed E-state index contributed by atoms with van der Waals surface area (Å²) in [5.41, 5.74) is -0.758. The summed E-state index contributed by atoms with van der Waals surface area (Å²) in [6, 6.07) is 0. The molecule has 0 N–H and O–H groups in total. The van der Waals surface area contributed by atoms with Gasteiger partial charge in [0, 0.05) is 0 Å². The molecule has 1 aliphatic carbocycles. The fourth-order valence-electron chi connectivity index (χ4n) is 2.85. The predicted octanol–water partition coefficient (Wildman–Crippen LogP) is 4.54. The van der Waals surface area contributed by atoms with Crippen LogP contribution >= 0.6 is 0 Å². The van der Waals surface area contributed by atoms with Gasteiger partial charge in [0.1, 0.15) is 0 Å². The van der Waals surface area contributed by atoms with Crippen LogP contribution in [0.15, 0.2) is 12.1 Å². The molecule has 0 aromatic carbocycles. The van der Waals surface area contributed by atoms with Crippen LogP contribution in [0.3, 0.4) is 0 Å². The molecule has 6 heteroatoms. The monoisotopic (exact) mass is 304 g/mol. The van der Waals surface area contributed by atoms with Gasteiger partial charge in [0.2, 0.25) is 0 Å². The van der Waals surface area contributed by atoms with Crippen LogP contribution in [0.25, 0.3) is 0 Å². The molecule has 21 heavy (non-hydrogen) atoms. The summed E-state index contributed by atoms with van der Waals surface area (Å²) in [4.78, 5) is 0. The first-order valence-corrected chi connectivity index (χ1v) is 7.62. The van der Waals surface area contributed by atoms with Crippen LogP contribution in [0.4, 0.5) is 13.2 Å². The Hall–Kier alpha value is -0.485. The second-order valence-electron chi connectivity index (χ2n) is 7.16. The van der Waals surface area contributed by atoms with Crippen molar-refractivity contribution in [2.24, 2.45) is 11.8 Å². The van der Waals surface area contributed by atoms with Crippen molar-refractivity contribution >= 4 is 7.12 Å². The molecule has 1 aliphatic heterocycles. The number of rotatable bonds is 2. The molecule has 2 rings (SSSR count). The zero-order chi connectivity index (χ0) is 15.9. The van der Waals surface area contributed by atoms with E-state index in [1.54, 1.807) is 0 Å². The quantitative estimate of drug-likeness (QED) is 0.697. The molecule has 2 fully saturated rings. The number of allylic oxidation sites excluding steroid dienone is 1. The van der Waals surface area contributed by atoms with Crippen molar-refractivity contribution < 1.29 is 22.5 Å². The molecular formula is C15H24BF3O2. The molecule has 1 heterocycles. The van der Waals surface area contributed by atoms with E-state index in [0.29, 0.717) is 12.8 Å². The Morgan fingerprint density at radius 3 is 1.86 bits per heavy atom. The molecule has 2 nitrogen and oxygen atoms in total. The average Bonchev–Trinajstić information content (AvgIpc) is 2.55. The molecule has 120 valence electrons. The first kappa shape index (κ1) is 16.9. The van der Waals surface area contributed by atoms with Gasteiger partial charge in [0.25, 0.3) is 0 Å². The van der Waals surface area contributed by atoms with E-state index < -0.39 is 19.2 Å². The Bertz CT molecular complexity index is 380. The minimum atomic E-state index is -4.04. The number of alkyl halides is 3. The Labute approximate surface area is 125 Å². The van der Waals surface area contributed by atoms with E-state index in [2.05, 4.69) is 0 Å². The van der Waals surface area contributed by atoms with Crippen LogP contribution in [0.1, 0.15) is 53.4 Å². The second-order valence-corrected chi connectivity index (χ2v) is 7.16. The van der Waals surface area contributed by atoms with Crippen molar-refractivity contribution in [1.29, 1.82) is 0 Å². The highest BCUT2D eigenvalue weighted by molar-refractivity contribution is 6.51. The van der Waals surface area contributed by atoms with Gasteiger partial charge < -0.3 is 9.31 Å². The van der Waals surface area contributed by atoms with E-state index in [0.717, 1.165) is 0 Å². The molecule has 0 aromatic rings. The fraction of sp³-hybridized carbons (Fsp3) is 0.867. The Balaban J connectivity index is 1.85. The van der Waals surface area contributed by atoms with Crippen molar-refractivity contribution in [3.05, 3.63) is 12.1 Å². The molecule has 0 radical (unpaired) electrons. The number of hydrogen-bond donors (Lipinski definition) is 0. The summed E-state index contributed by atoms with van der Waals surface area (Å²) in [7, 11) is -0.407. The zero-order valence-corrected chi connectivity index (χ0v) is 13.2. The van der Waals surface area contributed by atoms with E-state index in [-0.39, 0.29) is 30.0 Å². The largest absolute Gasteiger partial charge is 0.486 e. The summed E-state index contributed by atoms with van der Waals surface area (Å²) in [5.74, 6) is 0.927. The Morgan fingerprint density at radius 1 is 0.952 bits per heavy atom. The van der Waals surface area contributed by atoms with Gasteiger partial charge in [-0.1, -0.05) is 12.1 Å². The predicted molar refractivity (Wildman–Crippen MR) is 76.7 cm³/mol. The van der Waals surface area contributed by atoms with Crippen LogP contribution in [0.5, 0.6) is 0 Å². The topological polar surface area (TPSA) is 18.5 Å². The van der Waals surface area contributed by atoms with Crippen LogP contribution in [-0.2, 0) is 9.31 Å². The maximum Gasteiger partial charge on any atom is 0.486 e. The van der Waals surface area contributed by atoms with Gasteiger partial charge in [-0.3, -0.25) is 0 Å². The van der Waals surface area contributed by atoms with Crippen LogP contribution in [0, 0.1) is 11.8 Å². The lowest BCUT2D eigenvalue weighted by atomic mass is 9.79. The van der Waals surface area contributed by atoms with Gasteiger partial charge in [-0.25, -0.2) is 0 Å². The lowest BCUT2D eigenvalue weighted by molar-refractivity contribution is -0.183. The molecule has 0 unspecified atom stereocenters. The van der Waals surface area contributed by atoms with Gasteiger partial charge in [0.15, 0.2) is 0 Å². The molecule has 0 atom stereocenters.